The van der Waals surface area contributed by atoms with Gasteiger partial charge in [0.2, 0.25) is 11.8 Å². The summed E-state index contributed by atoms with van der Waals surface area (Å²) in [5.41, 5.74) is 3.38. The van der Waals surface area contributed by atoms with Gasteiger partial charge in [-0.1, -0.05) is 30.3 Å². The van der Waals surface area contributed by atoms with Crippen LogP contribution in [0.1, 0.15) is 12.0 Å². The standard InChI is InChI=1S/C24H27N5O3S/c1-33-13-11-20(23(31)25-12-10-16-14-26-18-7-3-2-6-17(16)18)28-24(32)29-15-22(30)27-19-8-4-5-9-21(19)29/h2-9,14,20,26H,10-13,15H2,1H3,(H,25,31)(H,27,30)(H,28,32)/t20-/m0/s1. The van der Waals surface area contributed by atoms with Gasteiger partial charge in [0.25, 0.3) is 0 Å². The quantitative estimate of drug-likeness (QED) is 0.410. The lowest BCUT2D eigenvalue weighted by Gasteiger charge is -2.30. The summed E-state index contributed by atoms with van der Waals surface area (Å²) in [7, 11) is 0. The van der Waals surface area contributed by atoms with Crippen molar-refractivity contribution in [2.75, 3.05) is 35.3 Å². The van der Waals surface area contributed by atoms with E-state index in [0.717, 1.165) is 22.2 Å². The fraction of sp³-hybridized carbons (Fsp3) is 0.292. The number of H-pyrrole nitrogens is 1. The number of carbonyl (C=O) groups excluding carboxylic acids is 3. The average molecular weight is 466 g/mol. The third-order valence-corrected chi connectivity index (χ3v) is 6.25. The predicted molar refractivity (Wildman–Crippen MR) is 133 cm³/mol. The smallest absolute Gasteiger partial charge is 0.323 e. The van der Waals surface area contributed by atoms with Crippen LogP contribution >= 0.6 is 11.8 Å². The van der Waals surface area contributed by atoms with Gasteiger partial charge >= 0.3 is 6.03 Å². The number of hydrogen-bond acceptors (Lipinski definition) is 4. The predicted octanol–water partition coefficient (Wildman–Crippen LogP) is 3.12. The van der Waals surface area contributed by atoms with Crippen LogP contribution in [0.3, 0.4) is 0 Å². The molecule has 0 fully saturated rings. The second-order valence-electron chi connectivity index (χ2n) is 7.84. The highest BCUT2D eigenvalue weighted by Gasteiger charge is 2.29. The molecule has 0 bridgehead atoms. The van der Waals surface area contributed by atoms with Crippen LogP contribution in [0.25, 0.3) is 10.9 Å². The lowest BCUT2D eigenvalue weighted by Crippen LogP contribution is -2.54. The van der Waals surface area contributed by atoms with E-state index in [1.54, 1.807) is 36.0 Å². The summed E-state index contributed by atoms with van der Waals surface area (Å²) < 4.78 is 0. The Kier molecular flexibility index (Phi) is 7.19. The van der Waals surface area contributed by atoms with E-state index in [0.29, 0.717) is 30.8 Å². The van der Waals surface area contributed by atoms with E-state index >= 15 is 0 Å². The molecule has 3 aromatic rings. The van der Waals surface area contributed by atoms with Crippen molar-refractivity contribution in [1.82, 2.24) is 15.6 Å². The van der Waals surface area contributed by atoms with Gasteiger partial charge in [-0.05, 0) is 48.6 Å². The van der Waals surface area contributed by atoms with Crippen LogP contribution in [0.4, 0.5) is 16.2 Å². The molecule has 0 saturated carbocycles. The average Bonchev–Trinajstić information content (AvgIpc) is 3.24. The third kappa shape index (κ3) is 5.31. The van der Waals surface area contributed by atoms with Gasteiger partial charge in [0.05, 0.1) is 11.4 Å². The molecule has 2 aromatic carbocycles. The van der Waals surface area contributed by atoms with E-state index in [1.165, 1.54) is 4.90 Å². The van der Waals surface area contributed by atoms with Gasteiger partial charge in [0.1, 0.15) is 12.6 Å². The van der Waals surface area contributed by atoms with E-state index in [1.807, 2.05) is 30.7 Å². The fourth-order valence-electron chi connectivity index (χ4n) is 3.93. The number of carbonyl (C=O) groups is 3. The van der Waals surface area contributed by atoms with Gasteiger partial charge < -0.3 is 20.9 Å². The maximum Gasteiger partial charge on any atom is 0.323 e. The largest absolute Gasteiger partial charge is 0.361 e. The molecule has 0 spiro atoms. The first kappa shape index (κ1) is 22.7. The number of amides is 4. The highest BCUT2D eigenvalue weighted by atomic mass is 32.2. The van der Waals surface area contributed by atoms with Crippen LogP contribution in [-0.4, -0.2) is 54.0 Å². The molecule has 0 unspecified atom stereocenters. The molecule has 1 aromatic heterocycles. The first-order chi connectivity index (χ1) is 16.1. The van der Waals surface area contributed by atoms with Gasteiger partial charge in [-0.15, -0.1) is 0 Å². The molecule has 0 aliphatic carbocycles. The van der Waals surface area contributed by atoms with E-state index in [9.17, 15) is 14.4 Å². The summed E-state index contributed by atoms with van der Waals surface area (Å²) in [5.74, 6) is 0.220. The molecule has 4 rings (SSSR count). The summed E-state index contributed by atoms with van der Waals surface area (Å²) >= 11 is 1.61. The molecule has 8 nitrogen and oxygen atoms in total. The molecule has 33 heavy (non-hydrogen) atoms. The molecule has 4 amide bonds. The number of para-hydroxylation sites is 3. The maximum absolute atomic E-state index is 13.0. The van der Waals surface area contributed by atoms with Crippen LogP contribution in [0.2, 0.25) is 0 Å². The Morgan fingerprint density at radius 1 is 1.15 bits per heavy atom. The van der Waals surface area contributed by atoms with Crippen LogP contribution in [0, 0.1) is 0 Å². The van der Waals surface area contributed by atoms with Crippen LogP contribution in [0.15, 0.2) is 54.7 Å². The molecule has 1 atom stereocenters. The second-order valence-corrected chi connectivity index (χ2v) is 8.82. The zero-order valence-electron chi connectivity index (χ0n) is 18.4. The first-order valence-corrected chi connectivity index (χ1v) is 12.2. The van der Waals surface area contributed by atoms with Crippen molar-refractivity contribution in [3.63, 3.8) is 0 Å². The third-order valence-electron chi connectivity index (χ3n) is 5.61. The van der Waals surface area contributed by atoms with E-state index < -0.39 is 12.1 Å². The summed E-state index contributed by atoms with van der Waals surface area (Å²) in [5, 5.41) is 9.69. The number of rotatable bonds is 8. The maximum atomic E-state index is 13.0. The lowest BCUT2D eigenvalue weighted by molar-refractivity contribution is -0.122. The topological polar surface area (TPSA) is 106 Å². The molecule has 4 N–H and O–H groups in total. The van der Waals surface area contributed by atoms with E-state index in [2.05, 4.69) is 27.0 Å². The highest BCUT2D eigenvalue weighted by molar-refractivity contribution is 7.98. The molecular weight excluding hydrogens is 438 g/mol. The Morgan fingerprint density at radius 2 is 1.94 bits per heavy atom. The van der Waals surface area contributed by atoms with Gasteiger partial charge in [-0.3, -0.25) is 14.5 Å². The Balaban J connectivity index is 1.39. The van der Waals surface area contributed by atoms with Gasteiger partial charge in [0.15, 0.2) is 0 Å². The van der Waals surface area contributed by atoms with Crippen molar-refractivity contribution in [2.24, 2.45) is 0 Å². The van der Waals surface area contributed by atoms with Crippen molar-refractivity contribution >= 4 is 51.9 Å². The molecule has 9 heteroatoms. The minimum atomic E-state index is -0.690. The number of nitrogens with one attached hydrogen (secondary N) is 4. The minimum absolute atomic E-state index is 0.0969. The minimum Gasteiger partial charge on any atom is -0.361 e. The monoisotopic (exact) mass is 465 g/mol. The zero-order valence-corrected chi connectivity index (χ0v) is 19.2. The van der Waals surface area contributed by atoms with Crippen molar-refractivity contribution < 1.29 is 14.4 Å². The van der Waals surface area contributed by atoms with Crippen LogP contribution in [0.5, 0.6) is 0 Å². The van der Waals surface area contributed by atoms with Crippen LogP contribution in [-0.2, 0) is 16.0 Å². The zero-order chi connectivity index (χ0) is 23.2. The van der Waals surface area contributed by atoms with Crippen molar-refractivity contribution in [2.45, 2.75) is 18.9 Å². The Bertz CT molecular complexity index is 1160. The van der Waals surface area contributed by atoms with Crippen LogP contribution < -0.4 is 20.9 Å². The summed E-state index contributed by atoms with van der Waals surface area (Å²) in [6.45, 7) is 0.363. The molecular formula is C24H27N5O3S. The lowest BCUT2D eigenvalue weighted by atomic mass is 10.1. The van der Waals surface area contributed by atoms with Crippen molar-refractivity contribution in [3.8, 4) is 0 Å². The summed E-state index contributed by atoms with van der Waals surface area (Å²) in [6, 6.07) is 14.0. The molecule has 0 radical (unpaired) electrons. The number of thioether (sulfide) groups is 1. The number of aromatic amines is 1. The van der Waals surface area contributed by atoms with E-state index in [-0.39, 0.29) is 18.4 Å². The first-order valence-electron chi connectivity index (χ1n) is 10.9. The van der Waals surface area contributed by atoms with Gasteiger partial charge in [0, 0.05) is 23.6 Å². The molecule has 172 valence electrons. The van der Waals surface area contributed by atoms with Gasteiger partial charge in [-0.25, -0.2) is 4.79 Å². The fourth-order valence-corrected chi connectivity index (χ4v) is 4.40. The number of anilines is 2. The molecule has 0 saturated heterocycles. The number of nitrogens with zero attached hydrogens (tertiary/aromatic N) is 1. The number of benzene rings is 2. The normalized spacial score (nSPS) is 13.8. The van der Waals surface area contributed by atoms with Gasteiger partial charge in [-0.2, -0.15) is 11.8 Å². The summed E-state index contributed by atoms with van der Waals surface area (Å²) in [4.78, 5) is 42.6. The Morgan fingerprint density at radius 3 is 2.79 bits per heavy atom. The number of aromatic nitrogens is 1. The number of fused-ring (bicyclic) bond motifs is 2. The Hall–Kier alpha value is -3.46. The molecule has 1 aliphatic heterocycles. The highest BCUT2D eigenvalue weighted by Crippen LogP contribution is 2.28. The number of urea groups is 1. The molecule has 1 aliphatic rings. The van der Waals surface area contributed by atoms with Crippen molar-refractivity contribution in [1.29, 1.82) is 0 Å². The SMILES string of the molecule is CSCC[C@H](NC(=O)N1CC(=O)Nc2ccccc21)C(=O)NCCc1c[nH]c2ccccc12. The Labute approximate surface area is 196 Å². The van der Waals surface area contributed by atoms with E-state index in [4.69, 9.17) is 0 Å². The number of hydrogen-bond donors (Lipinski definition) is 4. The summed E-state index contributed by atoms with van der Waals surface area (Å²) in [6.07, 6.45) is 5.09. The van der Waals surface area contributed by atoms with Crippen molar-refractivity contribution in [3.05, 3.63) is 60.3 Å². The molecule has 2 heterocycles. The second kappa shape index (κ2) is 10.4.